The van der Waals surface area contributed by atoms with Gasteiger partial charge in [-0.2, -0.15) is 0 Å². The van der Waals surface area contributed by atoms with Gasteiger partial charge in [-0.25, -0.2) is 4.90 Å². The Morgan fingerprint density at radius 2 is 1.60 bits per heavy atom. The highest BCUT2D eigenvalue weighted by Crippen LogP contribution is 2.36. The van der Waals surface area contributed by atoms with Gasteiger partial charge in [0.2, 0.25) is 11.8 Å². The van der Waals surface area contributed by atoms with E-state index in [1.165, 1.54) is 4.90 Å². The molecule has 0 bridgehead atoms. The molecule has 1 aliphatic rings. The molecule has 1 atom stereocenters. The minimum Gasteiger partial charge on any atom is -0.274 e. The standard InChI is InChI=1S/C16H12BrNO2/c17-13-8-4-5-9-14(13)18-15(19)10-12(16(18)20)11-6-2-1-3-7-11/h1-9,12H,10H2. The average Bonchev–Trinajstić information content (AvgIpc) is 2.76. The van der Waals surface area contributed by atoms with Crippen molar-refractivity contribution in [2.24, 2.45) is 0 Å². The third kappa shape index (κ3) is 2.16. The molecule has 1 aliphatic heterocycles. The number of amides is 2. The fraction of sp³-hybridized carbons (Fsp3) is 0.125. The van der Waals surface area contributed by atoms with Gasteiger partial charge < -0.3 is 0 Å². The highest BCUT2D eigenvalue weighted by atomic mass is 79.9. The van der Waals surface area contributed by atoms with E-state index in [1.54, 1.807) is 6.07 Å². The normalized spacial score (nSPS) is 18.6. The summed E-state index contributed by atoms with van der Waals surface area (Å²) in [7, 11) is 0. The first-order valence-electron chi connectivity index (χ1n) is 6.35. The van der Waals surface area contributed by atoms with E-state index in [1.807, 2.05) is 48.5 Å². The third-order valence-corrected chi connectivity index (χ3v) is 4.11. The number of carbonyl (C=O) groups is 2. The number of para-hydroxylation sites is 1. The van der Waals surface area contributed by atoms with Crippen LogP contribution in [0.5, 0.6) is 0 Å². The summed E-state index contributed by atoms with van der Waals surface area (Å²) in [6, 6.07) is 16.7. The van der Waals surface area contributed by atoms with E-state index in [2.05, 4.69) is 15.9 Å². The molecule has 20 heavy (non-hydrogen) atoms. The topological polar surface area (TPSA) is 37.4 Å². The number of imide groups is 1. The highest BCUT2D eigenvalue weighted by Gasteiger charge is 2.40. The van der Waals surface area contributed by atoms with Crippen molar-refractivity contribution in [3.8, 4) is 0 Å². The second kappa shape index (κ2) is 5.21. The van der Waals surface area contributed by atoms with Crippen molar-refractivity contribution >= 4 is 33.4 Å². The van der Waals surface area contributed by atoms with Gasteiger partial charge >= 0.3 is 0 Å². The van der Waals surface area contributed by atoms with Gasteiger partial charge in [-0.1, -0.05) is 42.5 Å². The molecule has 4 heteroatoms. The predicted molar refractivity (Wildman–Crippen MR) is 80.4 cm³/mol. The summed E-state index contributed by atoms with van der Waals surface area (Å²) < 4.78 is 0.746. The fourth-order valence-corrected chi connectivity index (χ4v) is 2.93. The van der Waals surface area contributed by atoms with E-state index in [9.17, 15) is 9.59 Å². The summed E-state index contributed by atoms with van der Waals surface area (Å²) >= 11 is 3.39. The highest BCUT2D eigenvalue weighted by molar-refractivity contribution is 9.10. The molecular weight excluding hydrogens is 318 g/mol. The number of halogens is 1. The van der Waals surface area contributed by atoms with Crippen molar-refractivity contribution in [1.82, 2.24) is 0 Å². The molecular formula is C16H12BrNO2. The minimum atomic E-state index is -0.379. The van der Waals surface area contributed by atoms with Crippen molar-refractivity contribution in [1.29, 1.82) is 0 Å². The zero-order valence-electron chi connectivity index (χ0n) is 10.6. The molecule has 1 heterocycles. The van der Waals surface area contributed by atoms with Crippen LogP contribution in [0.4, 0.5) is 5.69 Å². The number of anilines is 1. The molecule has 0 aromatic heterocycles. The average molecular weight is 330 g/mol. The number of hydrogen-bond acceptors (Lipinski definition) is 2. The molecule has 0 radical (unpaired) electrons. The van der Waals surface area contributed by atoms with Gasteiger partial charge in [0.1, 0.15) is 0 Å². The lowest BCUT2D eigenvalue weighted by Crippen LogP contribution is -2.30. The van der Waals surface area contributed by atoms with E-state index in [0.29, 0.717) is 5.69 Å². The van der Waals surface area contributed by atoms with Crippen molar-refractivity contribution in [2.75, 3.05) is 4.90 Å². The number of benzene rings is 2. The van der Waals surface area contributed by atoms with Crippen molar-refractivity contribution in [2.45, 2.75) is 12.3 Å². The summed E-state index contributed by atoms with van der Waals surface area (Å²) in [5.41, 5.74) is 1.50. The summed E-state index contributed by atoms with van der Waals surface area (Å²) in [4.78, 5) is 26.0. The molecule has 1 fully saturated rings. The molecule has 0 spiro atoms. The van der Waals surface area contributed by atoms with E-state index in [-0.39, 0.29) is 24.2 Å². The van der Waals surface area contributed by atoms with E-state index in [0.717, 1.165) is 10.0 Å². The van der Waals surface area contributed by atoms with Gasteiger partial charge in [-0.3, -0.25) is 9.59 Å². The second-order valence-electron chi connectivity index (χ2n) is 4.69. The van der Waals surface area contributed by atoms with E-state index in [4.69, 9.17) is 0 Å². The van der Waals surface area contributed by atoms with Gasteiger partial charge in [-0.05, 0) is 33.6 Å². The largest absolute Gasteiger partial charge is 0.274 e. The lowest BCUT2D eigenvalue weighted by atomic mass is 9.98. The van der Waals surface area contributed by atoms with E-state index >= 15 is 0 Å². The number of carbonyl (C=O) groups excluding carboxylic acids is 2. The van der Waals surface area contributed by atoms with Crippen LogP contribution >= 0.6 is 15.9 Å². The van der Waals surface area contributed by atoms with Crippen LogP contribution in [0.1, 0.15) is 17.9 Å². The molecule has 2 amide bonds. The van der Waals surface area contributed by atoms with Gasteiger partial charge in [0, 0.05) is 10.9 Å². The molecule has 100 valence electrons. The second-order valence-corrected chi connectivity index (χ2v) is 5.54. The van der Waals surface area contributed by atoms with Crippen LogP contribution in [-0.4, -0.2) is 11.8 Å². The van der Waals surface area contributed by atoms with E-state index < -0.39 is 0 Å². The molecule has 2 aromatic rings. The van der Waals surface area contributed by atoms with Gasteiger partial charge in [0.05, 0.1) is 11.6 Å². The lowest BCUT2D eigenvalue weighted by Gasteiger charge is -2.16. The fourth-order valence-electron chi connectivity index (χ4n) is 2.46. The molecule has 1 unspecified atom stereocenters. The van der Waals surface area contributed by atoms with Gasteiger partial charge in [0.15, 0.2) is 0 Å². The van der Waals surface area contributed by atoms with Crippen LogP contribution in [0, 0.1) is 0 Å². The Morgan fingerprint density at radius 1 is 0.950 bits per heavy atom. The van der Waals surface area contributed by atoms with Crippen LogP contribution in [0.25, 0.3) is 0 Å². The first-order valence-corrected chi connectivity index (χ1v) is 7.14. The molecule has 3 rings (SSSR count). The Bertz CT molecular complexity index is 669. The maximum absolute atomic E-state index is 12.6. The van der Waals surface area contributed by atoms with Gasteiger partial charge in [0.25, 0.3) is 0 Å². The maximum atomic E-state index is 12.6. The summed E-state index contributed by atoms with van der Waals surface area (Å²) in [5, 5.41) is 0. The lowest BCUT2D eigenvalue weighted by molar-refractivity contribution is -0.121. The first-order chi connectivity index (χ1) is 9.68. The Morgan fingerprint density at radius 3 is 2.30 bits per heavy atom. The number of hydrogen-bond donors (Lipinski definition) is 0. The SMILES string of the molecule is O=C1CC(c2ccccc2)C(=O)N1c1ccccc1Br. The minimum absolute atomic E-state index is 0.157. The van der Waals surface area contributed by atoms with Crippen LogP contribution in [0.3, 0.4) is 0 Å². The molecule has 0 N–H and O–H groups in total. The van der Waals surface area contributed by atoms with Crippen molar-refractivity contribution in [3.63, 3.8) is 0 Å². The zero-order valence-corrected chi connectivity index (χ0v) is 12.2. The first kappa shape index (κ1) is 13.1. The molecule has 0 aliphatic carbocycles. The Kier molecular flexibility index (Phi) is 3.40. The third-order valence-electron chi connectivity index (χ3n) is 3.44. The smallest absolute Gasteiger partial charge is 0.241 e. The van der Waals surface area contributed by atoms with Crippen LogP contribution < -0.4 is 4.90 Å². The quantitative estimate of drug-likeness (QED) is 0.791. The summed E-state index contributed by atoms with van der Waals surface area (Å²) in [6.45, 7) is 0. The molecule has 2 aromatic carbocycles. The van der Waals surface area contributed by atoms with Crippen LogP contribution in [0.2, 0.25) is 0 Å². The number of rotatable bonds is 2. The van der Waals surface area contributed by atoms with Crippen LogP contribution in [0.15, 0.2) is 59.1 Å². The summed E-state index contributed by atoms with van der Waals surface area (Å²) in [5.74, 6) is -0.695. The van der Waals surface area contributed by atoms with Crippen molar-refractivity contribution < 1.29 is 9.59 Å². The molecule has 0 saturated carbocycles. The Hall–Kier alpha value is -1.94. The molecule has 1 saturated heterocycles. The van der Waals surface area contributed by atoms with Crippen LogP contribution in [-0.2, 0) is 9.59 Å². The molecule has 3 nitrogen and oxygen atoms in total. The Labute approximate surface area is 125 Å². The summed E-state index contributed by atoms with van der Waals surface area (Å²) in [6.07, 6.45) is 0.226. The Balaban J connectivity index is 1.98. The number of nitrogens with zero attached hydrogens (tertiary/aromatic N) is 1. The maximum Gasteiger partial charge on any atom is 0.241 e. The predicted octanol–water partition coefficient (Wildman–Crippen LogP) is 3.50. The van der Waals surface area contributed by atoms with Gasteiger partial charge in [-0.15, -0.1) is 0 Å². The zero-order chi connectivity index (χ0) is 14.1. The van der Waals surface area contributed by atoms with Crippen molar-refractivity contribution in [3.05, 3.63) is 64.6 Å². The monoisotopic (exact) mass is 329 g/mol.